The number of ether oxygens (including phenoxy) is 1. The van der Waals surface area contributed by atoms with Gasteiger partial charge in [-0.15, -0.1) is 0 Å². The number of carbonyl (C=O) groups excluding carboxylic acids is 1. The third-order valence-corrected chi connectivity index (χ3v) is 3.13. The predicted octanol–water partition coefficient (Wildman–Crippen LogP) is 1.66. The van der Waals surface area contributed by atoms with Gasteiger partial charge >= 0.3 is 5.97 Å². The third-order valence-electron chi connectivity index (χ3n) is 3.13. The number of carboxylic acids is 1. The molecule has 1 unspecified atom stereocenters. The van der Waals surface area contributed by atoms with E-state index in [2.05, 4.69) is 5.10 Å². The van der Waals surface area contributed by atoms with Crippen LogP contribution in [0.15, 0.2) is 0 Å². The molecule has 2 heterocycles. The van der Waals surface area contributed by atoms with Crippen molar-refractivity contribution < 1.29 is 19.4 Å². The average Bonchev–Trinajstić information content (AvgIpc) is 2.78. The Morgan fingerprint density at radius 1 is 1.61 bits per heavy atom. The summed E-state index contributed by atoms with van der Waals surface area (Å²) in [6, 6.07) is 0. The zero-order valence-electron chi connectivity index (χ0n) is 10.3. The van der Waals surface area contributed by atoms with Gasteiger partial charge in [0.1, 0.15) is 0 Å². The zero-order chi connectivity index (χ0) is 13.1. The van der Waals surface area contributed by atoms with E-state index in [-0.39, 0.29) is 17.5 Å². The van der Waals surface area contributed by atoms with Crippen LogP contribution in [0.1, 0.15) is 59.0 Å². The van der Waals surface area contributed by atoms with Crippen molar-refractivity contribution in [2.45, 2.75) is 38.8 Å². The number of rotatable bonds is 4. The summed E-state index contributed by atoms with van der Waals surface area (Å²) in [5, 5.41) is 13.1. The summed E-state index contributed by atoms with van der Waals surface area (Å²) in [5.74, 6) is -1.18. The van der Waals surface area contributed by atoms with Crippen molar-refractivity contribution in [2.75, 3.05) is 6.61 Å². The van der Waals surface area contributed by atoms with Gasteiger partial charge in [-0.25, -0.2) is 9.48 Å². The summed E-state index contributed by atoms with van der Waals surface area (Å²) in [5.41, 5.74) is 0.615. The minimum absolute atomic E-state index is 0.166. The number of hydrogen-bond acceptors (Lipinski definition) is 4. The molecule has 1 fully saturated rings. The molecule has 1 aliphatic rings. The molecule has 1 saturated heterocycles. The molecule has 0 aliphatic carbocycles. The molecule has 1 aliphatic heterocycles. The third kappa shape index (κ3) is 2.15. The molecular weight excluding hydrogens is 236 g/mol. The molecule has 0 spiro atoms. The normalized spacial score (nSPS) is 19.7. The van der Waals surface area contributed by atoms with Crippen LogP contribution < -0.4 is 0 Å². The highest BCUT2D eigenvalue weighted by Gasteiger charge is 2.26. The fourth-order valence-electron chi connectivity index (χ4n) is 2.27. The number of hydrogen-bond donors (Lipinski definition) is 1. The van der Waals surface area contributed by atoms with E-state index in [4.69, 9.17) is 9.84 Å². The van der Waals surface area contributed by atoms with Gasteiger partial charge in [-0.1, -0.05) is 6.92 Å². The molecule has 6 nitrogen and oxygen atoms in total. The topological polar surface area (TPSA) is 81.4 Å². The van der Waals surface area contributed by atoms with Crippen LogP contribution in [0.25, 0.3) is 0 Å². The lowest BCUT2D eigenvalue weighted by Crippen LogP contribution is -2.21. The second-order valence-corrected chi connectivity index (χ2v) is 4.25. The van der Waals surface area contributed by atoms with Crippen molar-refractivity contribution in [3.05, 3.63) is 17.0 Å². The van der Waals surface area contributed by atoms with E-state index in [9.17, 15) is 9.59 Å². The largest absolute Gasteiger partial charge is 0.476 e. The number of aromatic carboxylic acids is 1. The molecule has 98 valence electrons. The Morgan fingerprint density at radius 2 is 2.39 bits per heavy atom. The molecular formula is C12H16N2O4. The van der Waals surface area contributed by atoms with Crippen molar-refractivity contribution in [3.63, 3.8) is 0 Å². The van der Waals surface area contributed by atoms with Crippen LogP contribution in [-0.2, 0) is 11.2 Å². The number of nitrogens with zero attached hydrogens (tertiary/aromatic N) is 2. The summed E-state index contributed by atoms with van der Waals surface area (Å²) in [6.45, 7) is 2.52. The molecule has 2 rings (SSSR count). The van der Waals surface area contributed by atoms with Gasteiger partial charge in [0.15, 0.2) is 18.2 Å². The van der Waals surface area contributed by atoms with Gasteiger partial charge in [0.05, 0.1) is 11.3 Å². The Bertz CT molecular complexity index is 461. The van der Waals surface area contributed by atoms with E-state index >= 15 is 0 Å². The maximum absolute atomic E-state index is 11.1. The Balaban J connectivity index is 2.45. The summed E-state index contributed by atoms with van der Waals surface area (Å²) < 4.78 is 7.15. The van der Waals surface area contributed by atoms with Crippen molar-refractivity contribution in [1.29, 1.82) is 0 Å². The molecule has 0 amide bonds. The van der Waals surface area contributed by atoms with Gasteiger partial charge in [0.2, 0.25) is 0 Å². The minimum atomic E-state index is -1.18. The van der Waals surface area contributed by atoms with E-state index in [1.54, 1.807) is 4.68 Å². The molecule has 1 N–H and O–H groups in total. The first-order chi connectivity index (χ1) is 8.69. The van der Waals surface area contributed by atoms with Crippen LogP contribution >= 0.6 is 0 Å². The highest BCUT2D eigenvalue weighted by atomic mass is 16.5. The van der Waals surface area contributed by atoms with E-state index < -0.39 is 5.97 Å². The van der Waals surface area contributed by atoms with Gasteiger partial charge in [-0.05, 0) is 25.7 Å². The monoisotopic (exact) mass is 252 g/mol. The lowest BCUT2D eigenvalue weighted by molar-refractivity contribution is -0.0412. The summed E-state index contributed by atoms with van der Waals surface area (Å²) in [4.78, 5) is 22.1. The molecule has 6 heteroatoms. The molecule has 1 aromatic rings. The van der Waals surface area contributed by atoms with Crippen LogP contribution in [0.5, 0.6) is 0 Å². The van der Waals surface area contributed by atoms with Crippen LogP contribution in [0.2, 0.25) is 0 Å². The van der Waals surface area contributed by atoms with E-state index in [0.29, 0.717) is 25.0 Å². The number of aromatic nitrogens is 2. The summed E-state index contributed by atoms with van der Waals surface area (Å²) in [6.07, 6.45) is 3.69. The fraction of sp³-hybridized carbons (Fsp3) is 0.583. The average molecular weight is 252 g/mol. The molecule has 0 bridgehead atoms. The first kappa shape index (κ1) is 12.8. The zero-order valence-corrected chi connectivity index (χ0v) is 10.3. The Morgan fingerprint density at radius 3 is 2.89 bits per heavy atom. The molecule has 1 atom stereocenters. The van der Waals surface area contributed by atoms with Crippen LogP contribution in [-0.4, -0.2) is 33.7 Å². The van der Waals surface area contributed by atoms with Gasteiger partial charge < -0.3 is 9.84 Å². The van der Waals surface area contributed by atoms with Crippen molar-refractivity contribution in [2.24, 2.45) is 0 Å². The van der Waals surface area contributed by atoms with Gasteiger partial charge in [-0.3, -0.25) is 4.79 Å². The highest BCUT2D eigenvalue weighted by molar-refractivity contribution is 5.96. The smallest absolute Gasteiger partial charge is 0.357 e. The quantitative estimate of drug-likeness (QED) is 0.824. The summed E-state index contributed by atoms with van der Waals surface area (Å²) in [7, 11) is 0. The molecule has 0 radical (unpaired) electrons. The van der Waals surface area contributed by atoms with E-state index in [1.807, 2.05) is 6.92 Å². The standard InChI is InChI=1S/C12H16N2O4/c1-2-9-8(7-15)11(12(16)17)13-14(9)10-5-3-4-6-18-10/h7,10H,2-6H2,1H3,(H,16,17). The van der Waals surface area contributed by atoms with Crippen molar-refractivity contribution in [1.82, 2.24) is 9.78 Å². The van der Waals surface area contributed by atoms with Crippen molar-refractivity contribution in [3.8, 4) is 0 Å². The van der Waals surface area contributed by atoms with Gasteiger partial charge in [-0.2, -0.15) is 5.10 Å². The van der Waals surface area contributed by atoms with E-state index in [0.717, 1.165) is 19.3 Å². The SMILES string of the molecule is CCc1c(C=O)c(C(=O)O)nn1C1CCCCO1. The van der Waals surface area contributed by atoms with Crippen LogP contribution in [0.3, 0.4) is 0 Å². The van der Waals surface area contributed by atoms with Crippen LogP contribution in [0.4, 0.5) is 0 Å². The second-order valence-electron chi connectivity index (χ2n) is 4.25. The first-order valence-electron chi connectivity index (χ1n) is 6.10. The van der Waals surface area contributed by atoms with Crippen molar-refractivity contribution >= 4 is 12.3 Å². The number of carbonyl (C=O) groups is 2. The summed E-state index contributed by atoms with van der Waals surface area (Å²) >= 11 is 0. The molecule has 18 heavy (non-hydrogen) atoms. The minimum Gasteiger partial charge on any atom is -0.476 e. The maximum Gasteiger partial charge on any atom is 0.357 e. The predicted molar refractivity (Wildman–Crippen MR) is 62.8 cm³/mol. The molecule has 1 aromatic heterocycles. The van der Waals surface area contributed by atoms with Crippen LogP contribution in [0, 0.1) is 0 Å². The number of carboxylic acid groups (broad SMARTS) is 1. The molecule has 0 aromatic carbocycles. The Labute approximate surface area is 105 Å². The van der Waals surface area contributed by atoms with Gasteiger partial charge in [0.25, 0.3) is 0 Å². The Kier molecular flexibility index (Phi) is 3.76. The lowest BCUT2D eigenvalue weighted by Gasteiger charge is -2.24. The fourth-order valence-corrected chi connectivity index (χ4v) is 2.27. The molecule has 0 saturated carbocycles. The number of aldehydes is 1. The van der Waals surface area contributed by atoms with E-state index in [1.165, 1.54) is 0 Å². The maximum atomic E-state index is 11.1. The lowest BCUT2D eigenvalue weighted by atomic mass is 10.1. The van der Waals surface area contributed by atoms with Gasteiger partial charge in [0, 0.05) is 6.61 Å². The Hall–Kier alpha value is -1.69. The highest BCUT2D eigenvalue weighted by Crippen LogP contribution is 2.26. The second kappa shape index (κ2) is 5.30. The first-order valence-corrected chi connectivity index (χ1v) is 6.10.